The van der Waals surface area contributed by atoms with Gasteiger partial charge in [0, 0.05) is 24.6 Å². The molecule has 0 aromatic carbocycles. The molecule has 1 aliphatic rings. The van der Waals surface area contributed by atoms with E-state index < -0.39 is 0 Å². The Kier molecular flexibility index (Phi) is 4.21. The number of aromatic amines is 1. The molecule has 2 aromatic rings. The van der Waals surface area contributed by atoms with Crippen molar-refractivity contribution in [3.8, 4) is 0 Å². The summed E-state index contributed by atoms with van der Waals surface area (Å²) < 4.78 is 10.8. The van der Waals surface area contributed by atoms with E-state index in [-0.39, 0.29) is 18.1 Å². The van der Waals surface area contributed by atoms with Crippen LogP contribution in [-0.4, -0.2) is 39.3 Å². The lowest BCUT2D eigenvalue weighted by Crippen LogP contribution is -2.29. The van der Waals surface area contributed by atoms with Crippen LogP contribution in [0.25, 0.3) is 0 Å². The van der Waals surface area contributed by atoms with Crippen LogP contribution in [0.4, 0.5) is 0 Å². The first-order valence-electron chi connectivity index (χ1n) is 7.91. The number of hydrogen-bond donors (Lipinski definition) is 1. The molecular weight excluding hydrogens is 296 g/mol. The maximum Gasteiger partial charge on any atom is 0.274 e. The first kappa shape index (κ1) is 15.7. The number of nitrogens with one attached hydrogen (secondary N) is 1. The molecule has 1 aliphatic heterocycles. The lowest BCUT2D eigenvalue weighted by Gasteiger charge is -2.25. The van der Waals surface area contributed by atoms with Crippen molar-refractivity contribution in [3.05, 3.63) is 34.5 Å². The molecule has 7 heteroatoms. The number of fused-ring (bicyclic) bond motifs is 1. The van der Waals surface area contributed by atoms with Crippen LogP contribution < -0.4 is 0 Å². The molecule has 7 nitrogen and oxygen atoms in total. The van der Waals surface area contributed by atoms with Crippen LogP contribution in [0.5, 0.6) is 0 Å². The van der Waals surface area contributed by atoms with Crippen molar-refractivity contribution in [3.63, 3.8) is 0 Å². The molecule has 0 fully saturated rings. The third kappa shape index (κ3) is 2.88. The van der Waals surface area contributed by atoms with Gasteiger partial charge in [-0.2, -0.15) is 5.10 Å². The molecule has 1 N–H and O–H groups in total. The summed E-state index contributed by atoms with van der Waals surface area (Å²) in [4.78, 5) is 14.4. The highest BCUT2D eigenvalue weighted by Gasteiger charge is 2.30. The molecule has 2 aromatic heterocycles. The standard InChI is InChI=1S/C16H22N4O3/c1-5-13-11(8-22-19-13)7-20(4)16(21)15-12-6-9(2)23-10(3)14(12)17-18-15/h8-10H,5-7H2,1-4H3,(H,17,18)/t9-,10+/m0/s1. The molecule has 1 amide bonds. The Balaban J connectivity index is 1.81. The van der Waals surface area contributed by atoms with E-state index in [9.17, 15) is 4.79 Å². The molecule has 0 saturated carbocycles. The van der Waals surface area contributed by atoms with Crippen LogP contribution in [0.2, 0.25) is 0 Å². The van der Waals surface area contributed by atoms with E-state index in [0.717, 1.165) is 28.9 Å². The normalized spacial score (nSPS) is 20.3. The second-order valence-corrected chi connectivity index (χ2v) is 6.06. The smallest absolute Gasteiger partial charge is 0.274 e. The summed E-state index contributed by atoms with van der Waals surface area (Å²) in [6.07, 6.45) is 3.08. The predicted molar refractivity (Wildman–Crippen MR) is 82.9 cm³/mol. The largest absolute Gasteiger partial charge is 0.369 e. The third-order valence-corrected chi connectivity index (χ3v) is 4.25. The van der Waals surface area contributed by atoms with E-state index in [1.54, 1.807) is 18.2 Å². The fourth-order valence-corrected chi connectivity index (χ4v) is 3.06. The number of amides is 1. The number of H-pyrrole nitrogens is 1. The van der Waals surface area contributed by atoms with Gasteiger partial charge in [-0.1, -0.05) is 12.1 Å². The maximum absolute atomic E-state index is 12.8. The zero-order valence-corrected chi connectivity index (χ0v) is 13.9. The van der Waals surface area contributed by atoms with Gasteiger partial charge in [-0.05, 0) is 20.3 Å². The number of nitrogens with zero attached hydrogens (tertiary/aromatic N) is 3. The molecule has 3 rings (SSSR count). The van der Waals surface area contributed by atoms with Crippen molar-refractivity contribution in [1.82, 2.24) is 20.3 Å². The van der Waals surface area contributed by atoms with E-state index in [1.807, 2.05) is 20.8 Å². The summed E-state index contributed by atoms with van der Waals surface area (Å²) in [5, 5.41) is 11.1. The Morgan fingerprint density at radius 3 is 3.00 bits per heavy atom. The Hall–Kier alpha value is -2.15. The van der Waals surface area contributed by atoms with E-state index in [4.69, 9.17) is 9.26 Å². The van der Waals surface area contributed by atoms with Gasteiger partial charge in [0.25, 0.3) is 5.91 Å². The van der Waals surface area contributed by atoms with Crippen LogP contribution in [-0.2, 0) is 24.1 Å². The van der Waals surface area contributed by atoms with Crippen LogP contribution in [0.15, 0.2) is 10.8 Å². The van der Waals surface area contributed by atoms with Gasteiger partial charge in [-0.3, -0.25) is 9.89 Å². The van der Waals surface area contributed by atoms with Gasteiger partial charge in [-0.15, -0.1) is 0 Å². The maximum atomic E-state index is 12.8. The number of hydrogen-bond acceptors (Lipinski definition) is 5. The summed E-state index contributed by atoms with van der Waals surface area (Å²) >= 11 is 0. The molecule has 0 bridgehead atoms. The zero-order chi connectivity index (χ0) is 16.6. The topological polar surface area (TPSA) is 84.3 Å². The highest BCUT2D eigenvalue weighted by molar-refractivity contribution is 5.94. The van der Waals surface area contributed by atoms with Crippen LogP contribution in [0.1, 0.15) is 59.9 Å². The SMILES string of the molecule is CCc1nocc1CN(C)C(=O)c1n[nH]c2c1C[C@H](C)O[C@@H]2C. The average molecular weight is 318 g/mol. The molecule has 0 radical (unpaired) electrons. The van der Waals surface area contributed by atoms with Gasteiger partial charge in [0.2, 0.25) is 0 Å². The number of aromatic nitrogens is 3. The van der Waals surface area contributed by atoms with Gasteiger partial charge < -0.3 is 14.2 Å². The van der Waals surface area contributed by atoms with Crippen LogP contribution in [0.3, 0.4) is 0 Å². The van der Waals surface area contributed by atoms with Crippen LogP contribution in [0, 0.1) is 0 Å². The van der Waals surface area contributed by atoms with Crippen molar-refractivity contribution < 1.29 is 14.1 Å². The van der Waals surface area contributed by atoms with Gasteiger partial charge >= 0.3 is 0 Å². The number of carbonyl (C=O) groups excluding carboxylic acids is 1. The summed E-state index contributed by atoms with van der Waals surface area (Å²) in [6.45, 7) is 6.44. The summed E-state index contributed by atoms with van der Waals surface area (Å²) in [7, 11) is 1.77. The average Bonchev–Trinajstić information content (AvgIpc) is 3.12. The predicted octanol–water partition coefficient (Wildman–Crippen LogP) is 2.25. The second-order valence-electron chi connectivity index (χ2n) is 6.06. The molecule has 0 unspecified atom stereocenters. The van der Waals surface area contributed by atoms with Gasteiger partial charge in [0.05, 0.1) is 30.1 Å². The Labute approximate surface area is 135 Å². The Morgan fingerprint density at radius 2 is 2.26 bits per heavy atom. The van der Waals surface area contributed by atoms with Crippen molar-refractivity contribution in [1.29, 1.82) is 0 Å². The fraction of sp³-hybridized carbons (Fsp3) is 0.562. The molecule has 2 atom stereocenters. The highest BCUT2D eigenvalue weighted by atomic mass is 16.5. The fourth-order valence-electron chi connectivity index (χ4n) is 3.06. The van der Waals surface area contributed by atoms with E-state index in [2.05, 4.69) is 15.4 Å². The summed E-state index contributed by atoms with van der Waals surface area (Å²) in [6, 6.07) is 0. The second kappa shape index (κ2) is 6.16. The summed E-state index contributed by atoms with van der Waals surface area (Å²) in [5.41, 5.74) is 4.16. The third-order valence-electron chi connectivity index (χ3n) is 4.25. The Morgan fingerprint density at radius 1 is 1.48 bits per heavy atom. The van der Waals surface area contributed by atoms with Crippen molar-refractivity contribution >= 4 is 5.91 Å². The van der Waals surface area contributed by atoms with Crippen molar-refractivity contribution in [2.45, 2.75) is 52.4 Å². The monoisotopic (exact) mass is 318 g/mol. The minimum absolute atomic E-state index is 0.0714. The first-order valence-corrected chi connectivity index (χ1v) is 7.91. The van der Waals surface area contributed by atoms with Crippen molar-refractivity contribution in [2.75, 3.05) is 7.05 Å². The molecule has 0 spiro atoms. The molecule has 3 heterocycles. The number of rotatable bonds is 4. The number of carbonyl (C=O) groups is 1. The lowest BCUT2D eigenvalue weighted by molar-refractivity contribution is -0.00701. The lowest BCUT2D eigenvalue weighted by atomic mass is 9.99. The number of ether oxygens (including phenoxy) is 1. The zero-order valence-electron chi connectivity index (χ0n) is 13.9. The number of aryl methyl sites for hydroxylation is 1. The van der Waals surface area contributed by atoms with E-state index in [0.29, 0.717) is 18.7 Å². The highest BCUT2D eigenvalue weighted by Crippen LogP contribution is 2.30. The summed E-state index contributed by atoms with van der Waals surface area (Å²) in [5.74, 6) is -0.105. The first-order chi connectivity index (χ1) is 11.0. The van der Waals surface area contributed by atoms with Gasteiger partial charge in [0.15, 0.2) is 5.69 Å². The van der Waals surface area contributed by atoms with E-state index >= 15 is 0 Å². The molecular formula is C16H22N4O3. The molecule has 23 heavy (non-hydrogen) atoms. The molecule has 0 aliphatic carbocycles. The molecule has 0 saturated heterocycles. The minimum Gasteiger partial charge on any atom is -0.369 e. The quantitative estimate of drug-likeness (QED) is 0.934. The molecule has 124 valence electrons. The Bertz CT molecular complexity index is 706. The van der Waals surface area contributed by atoms with Crippen molar-refractivity contribution in [2.24, 2.45) is 0 Å². The van der Waals surface area contributed by atoms with Gasteiger partial charge in [-0.25, -0.2) is 0 Å². The van der Waals surface area contributed by atoms with Gasteiger partial charge in [0.1, 0.15) is 6.26 Å². The van der Waals surface area contributed by atoms with E-state index in [1.165, 1.54) is 0 Å². The van der Waals surface area contributed by atoms with Crippen LogP contribution >= 0.6 is 0 Å². The minimum atomic E-state index is -0.105.